The summed E-state index contributed by atoms with van der Waals surface area (Å²) in [5.41, 5.74) is 0. The van der Waals surface area contributed by atoms with Crippen LogP contribution < -0.4 is 10.6 Å². The summed E-state index contributed by atoms with van der Waals surface area (Å²) in [6, 6.07) is 0. The van der Waals surface area contributed by atoms with Crippen LogP contribution in [0.3, 0.4) is 0 Å². The molecule has 7 heteroatoms. The summed E-state index contributed by atoms with van der Waals surface area (Å²) in [6.45, 7) is 16.9. The molecular weight excluding hydrogens is 431 g/mol. The molecule has 1 heterocycles. The fourth-order valence-corrected chi connectivity index (χ4v) is 2.81. The Labute approximate surface area is 171 Å². The van der Waals surface area contributed by atoms with Crippen LogP contribution in [-0.4, -0.2) is 76.1 Å². The lowest BCUT2D eigenvalue weighted by atomic mass is 10.0. The van der Waals surface area contributed by atoms with Gasteiger partial charge in [0.25, 0.3) is 0 Å². The fraction of sp³-hybridized carbons (Fsp3) is 0.944. The van der Waals surface area contributed by atoms with E-state index in [1.165, 1.54) is 0 Å². The van der Waals surface area contributed by atoms with E-state index in [9.17, 15) is 0 Å². The second kappa shape index (κ2) is 16.1. The van der Waals surface area contributed by atoms with E-state index in [-0.39, 0.29) is 24.0 Å². The molecule has 0 radical (unpaired) electrons. The zero-order chi connectivity index (χ0) is 17.6. The van der Waals surface area contributed by atoms with Gasteiger partial charge in [-0.2, -0.15) is 0 Å². The maximum absolute atomic E-state index is 5.79. The lowest BCUT2D eigenvalue weighted by Gasteiger charge is -2.26. The van der Waals surface area contributed by atoms with Crippen LogP contribution in [0, 0.1) is 5.92 Å². The lowest BCUT2D eigenvalue weighted by molar-refractivity contribution is 0.0258. The summed E-state index contributed by atoms with van der Waals surface area (Å²) in [7, 11) is 0. The van der Waals surface area contributed by atoms with Crippen LogP contribution in [0.1, 0.15) is 40.5 Å². The highest BCUT2D eigenvalue weighted by atomic mass is 127. The molecule has 0 bridgehead atoms. The van der Waals surface area contributed by atoms with Gasteiger partial charge in [0.15, 0.2) is 5.96 Å². The SMILES string of the molecule is CCNC(=NCCCN1CCOCC1)NCCC(OCC)C(C)C.I. The Kier molecular flexibility index (Phi) is 16.0. The van der Waals surface area contributed by atoms with Crippen molar-refractivity contribution in [1.82, 2.24) is 15.5 Å². The molecule has 1 rings (SSSR count). The number of nitrogens with one attached hydrogen (secondary N) is 2. The van der Waals surface area contributed by atoms with Crippen LogP contribution in [0.4, 0.5) is 0 Å². The topological polar surface area (TPSA) is 58.1 Å². The van der Waals surface area contributed by atoms with Crippen molar-refractivity contribution < 1.29 is 9.47 Å². The van der Waals surface area contributed by atoms with E-state index in [1.807, 2.05) is 0 Å². The van der Waals surface area contributed by atoms with Crippen LogP contribution in [0.5, 0.6) is 0 Å². The molecule has 0 spiro atoms. The Bertz CT molecular complexity index is 337. The Hall–Kier alpha value is -0.120. The van der Waals surface area contributed by atoms with Gasteiger partial charge in [0.05, 0.1) is 19.3 Å². The fourth-order valence-electron chi connectivity index (χ4n) is 2.81. The molecular formula is C18H39IN4O2. The highest BCUT2D eigenvalue weighted by Gasteiger charge is 2.13. The lowest BCUT2D eigenvalue weighted by Crippen LogP contribution is -2.40. The van der Waals surface area contributed by atoms with Gasteiger partial charge in [-0.05, 0) is 32.6 Å². The molecule has 0 aliphatic carbocycles. The minimum absolute atomic E-state index is 0. The molecule has 1 saturated heterocycles. The van der Waals surface area contributed by atoms with Crippen LogP contribution in [0.25, 0.3) is 0 Å². The van der Waals surface area contributed by atoms with E-state index in [2.05, 4.69) is 48.2 Å². The zero-order valence-electron chi connectivity index (χ0n) is 16.6. The molecule has 1 aliphatic heterocycles. The van der Waals surface area contributed by atoms with Crippen molar-refractivity contribution in [1.29, 1.82) is 0 Å². The van der Waals surface area contributed by atoms with Crippen molar-refractivity contribution in [3.05, 3.63) is 0 Å². The quantitative estimate of drug-likeness (QED) is 0.210. The molecule has 0 aromatic rings. The number of ether oxygens (including phenoxy) is 2. The second-order valence-electron chi connectivity index (χ2n) is 6.52. The summed E-state index contributed by atoms with van der Waals surface area (Å²) >= 11 is 0. The number of aliphatic imine (C=N–C) groups is 1. The van der Waals surface area contributed by atoms with E-state index >= 15 is 0 Å². The predicted octanol–water partition coefficient (Wildman–Crippen LogP) is 2.33. The van der Waals surface area contributed by atoms with Gasteiger partial charge in [0.2, 0.25) is 0 Å². The van der Waals surface area contributed by atoms with Crippen LogP contribution in [0.2, 0.25) is 0 Å². The Morgan fingerprint density at radius 3 is 2.52 bits per heavy atom. The van der Waals surface area contributed by atoms with Gasteiger partial charge in [-0.15, -0.1) is 24.0 Å². The molecule has 1 fully saturated rings. The maximum Gasteiger partial charge on any atom is 0.191 e. The Balaban J connectivity index is 0.00000576. The molecule has 150 valence electrons. The van der Waals surface area contributed by atoms with E-state index in [4.69, 9.17) is 9.47 Å². The number of rotatable bonds is 11. The zero-order valence-corrected chi connectivity index (χ0v) is 18.9. The van der Waals surface area contributed by atoms with Crippen molar-refractivity contribution in [2.75, 3.05) is 59.1 Å². The summed E-state index contributed by atoms with van der Waals surface area (Å²) in [4.78, 5) is 7.13. The molecule has 2 N–H and O–H groups in total. The van der Waals surface area contributed by atoms with Crippen molar-refractivity contribution >= 4 is 29.9 Å². The molecule has 25 heavy (non-hydrogen) atoms. The number of morpholine rings is 1. The van der Waals surface area contributed by atoms with Crippen LogP contribution in [0.15, 0.2) is 4.99 Å². The summed E-state index contributed by atoms with van der Waals surface area (Å²) in [5, 5.41) is 6.75. The molecule has 0 aromatic heterocycles. The number of hydrogen-bond donors (Lipinski definition) is 2. The Morgan fingerprint density at radius 2 is 1.92 bits per heavy atom. The van der Waals surface area contributed by atoms with Gasteiger partial charge in [-0.3, -0.25) is 9.89 Å². The average molecular weight is 470 g/mol. The molecule has 1 aliphatic rings. The highest BCUT2D eigenvalue weighted by Crippen LogP contribution is 2.09. The second-order valence-corrected chi connectivity index (χ2v) is 6.52. The number of hydrogen-bond acceptors (Lipinski definition) is 4. The van der Waals surface area contributed by atoms with Crippen molar-refractivity contribution in [2.45, 2.75) is 46.6 Å². The standard InChI is InChI=1S/C18H38N4O2.HI/c1-5-19-18(21-10-8-17(16(3)4)24-6-2)20-9-7-11-22-12-14-23-15-13-22;/h16-17H,5-15H2,1-4H3,(H2,19,20,21);1H. The molecule has 0 aromatic carbocycles. The van der Waals surface area contributed by atoms with Crippen molar-refractivity contribution in [2.24, 2.45) is 10.9 Å². The Morgan fingerprint density at radius 1 is 1.20 bits per heavy atom. The largest absolute Gasteiger partial charge is 0.379 e. The van der Waals surface area contributed by atoms with Gasteiger partial charge in [-0.25, -0.2) is 0 Å². The smallest absolute Gasteiger partial charge is 0.191 e. The first-order valence-corrected chi connectivity index (χ1v) is 9.61. The molecule has 6 nitrogen and oxygen atoms in total. The maximum atomic E-state index is 5.79. The van der Waals surface area contributed by atoms with E-state index in [0.29, 0.717) is 12.0 Å². The van der Waals surface area contributed by atoms with Gasteiger partial charge >= 0.3 is 0 Å². The molecule has 1 unspecified atom stereocenters. The van der Waals surface area contributed by atoms with E-state index in [0.717, 1.165) is 77.9 Å². The van der Waals surface area contributed by atoms with E-state index < -0.39 is 0 Å². The first-order valence-electron chi connectivity index (χ1n) is 9.61. The van der Waals surface area contributed by atoms with Gasteiger partial charge in [0, 0.05) is 45.9 Å². The minimum atomic E-state index is 0. The highest BCUT2D eigenvalue weighted by molar-refractivity contribution is 14.0. The third-order valence-electron chi connectivity index (χ3n) is 4.20. The summed E-state index contributed by atoms with van der Waals surface area (Å²) in [6.07, 6.45) is 2.40. The van der Waals surface area contributed by atoms with Crippen LogP contribution >= 0.6 is 24.0 Å². The normalized spacial score (nSPS) is 17.2. The summed E-state index contributed by atoms with van der Waals surface area (Å²) < 4.78 is 11.2. The number of guanidine groups is 1. The third kappa shape index (κ3) is 12.0. The first-order chi connectivity index (χ1) is 11.7. The van der Waals surface area contributed by atoms with E-state index in [1.54, 1.807) is 0 Å². The van der Waals surface area contributed by atoms with Gasteiger partial charge < -0.3 is 20.1 Å². The van der Waals surface area contributed by atoms with Crippen molar-refractivity contribution in [3.63, 3.8) is 0 Å². The van der Waals surface area contributed by atoms with Gasteiger partial charge in [-0.1, -0.05) is 13.8 Å². The summed E-state index contributed by atoms with van der Waals surface area (Å²) in [5.74, 6) is 1.46. The predicted molar refractivity (Wildman–Crippen MR) is 116 cm³/mol. The molecule has 1 atom stereocenters. The number of nitrogens with zero attached hydrogens (tertiary/aromatic N) is 2. The molecule has 0 saturated carbocycles. The first kappa shape index (κ1) is 24.9. The third-order valence-corrected chi connectivity index (χ3v) is 4.20. The average Bonchev–Trinajstić information content (AvgIpc) is 2.58. The molecule has 0 amide bonds. The monoisotopic (exact) mass is 470 g/mol. The minimum Gasteiger partial charge on any atom is -0.379 e. The van der Waals surface area contributed by atoms with Crippen molar-refractivity contribution in [3.8, 4) is 0 Å². The number of halogens is 1. The van der Waals surface area contributed by atoms with Gasteiger partial charge in [0.1, 0.15) is 0 Å². The van der Waals surface area contributed by atoms with Crippen LogP contribution in [-0.2, 0) is 9.47 Å².